The van der Waals surface area contributed by atoms with Gasteiger partial charge in [0.1, 0.15) is 0 Å². The number of hydrogen-bond acceptors (Lipinski definition) is 4. The summed E-state index contributed by atoms with van der Waals surface area (Å²) in [5, 5.41) is 2.90. The lowest BCUT2D eigenvalue weighted by Crippen LogP contribution is -2.31. The van der Waals surface area contributed by atoms with E-state index in [9.17, 15) is 9.59 Å². The number of hydrogen-bond donors (Lipinski definition) is 1. The predicted molar refractivity (Wildman–Crippen MR) is 123 cm³/mol. The highest BCUT2D eigenvalue weighted by molar-refractivity contribution is 6.04. The van der Waals surface area contributed by atoms with E-state index in [1.54, 1.807) is 0 Å². The third-order valence-corrected chi connectivity index (χ3v) is 5.04. The molecule has 0 aliphatic rings. The third kappa shape index (κ3) is 6.79. The molecule has 1 amide bonds. The number of esters is 1. The van der Waals surface area contributed by atoms with Gasteiger partial charge in [-0.1, -0.05) is 67.6 Å². The summed E-state index contributed by atoms with van der Waals surface area (Å²) in [5.74, 6) is -0.589. The van der Waals surface area contributed by atoms with E-state index >= 15 is 0 Å². The van der Waals surface area contributed by atoms with E-state index in [0.29, 0.717) is 18.7 Å². The van der Waals surface area contributed by atoms with Gasteiger partial charge in [-0.25, -0.2) is 0 Å². The van der Waals surface area contributed by atoms with Crippen molar-refractivity contribution in [1.82, 2.24) is 4.90 Å². The molecular weight excluding hydrogens is 388 g/mol. The van der Waals surface area contributed by atoms with Crippen molar-refractivity contribution in [2.24, 2.45) is 5.92 Å². The summed E-state index contributed by atoms with van der Waals surface area (Å²) < 4.78 is 4.89. The Morgan fingerprint density at radius 1 is 0.839 bits per heavy atom. The van der Waals surface area contributed by atoms with Gasteiger partial charge >= 0.3 is 5.97 Å². The van der Waals surface area contributed by atoms with E-state index < -0.39 is 0 Å². The average molecular weight is 417 g/mol. The Labute approximate surface area is 183 Å². The Morgan fingerprint density at radius 3 is 1.97 bits per heavy atom. The SMILES string of the molecule is COC(=O)C(C)CN(Cc1ccccc1)Cc1ccc(C(=O)Nc2ccccc2)cc1. The van der Waals surface area contributed by atoms with Crippen LogP contribution in [-0.4, -0.2) is 30.4 Å². The Balaban J connectivity index is 1.68. The summed E-state index contributed by atoms with van der Waals surface area (Å²) in [6.45, 7) is 3.84. The summed E-state index contributed by atoms with van der Waals surface area (Å²) in [6.07, 6.45) is 0. The van der Waals surface area contributed by atoms with Gasteiger partial charge in [-0.15, -0.1) is 0 Å². The maximum atomic E-state index is 12.5. The normalized spacial score (nSPS) is 11.7. The Morgan fingerprint density at radius 2 is 1.39 bits per heavy atom. The van der Waals surface area contributed by atoms with Crippen molar-refractivity contribution in [3.8, 4) is 0 Å². The van der Waals surface area contributed by atoms with Crippen LogP contribution in [0.15, 0.2) is 84.9 Å². The Bertz CT molecular complexity index is 973. The fraction of sp³-hybridized carbons (Fsp3) is 0.231. The second-order valence-electron chi connectivity index (χ2n) is 7.60. The molecule has 1 atom stereocenters. The van der Waals surface area contributed by atoms with Crippen molar-refractivity contribution in [3.05, 3.63) is 102 Å². The molecule has 0 fully saturated rings. The van der Waals surface area contributed by atoms with Crippen LogP contribution in [0, 0.1) is 5.92 Å². The number of carbonyl (C=O) groups is 2. The van der Waals surface area contributed by atoms with E-state index in [1.165, 1.54) is 12.7 Å². The fourth-order valence-corrected chi connectivity index (χ4v) is 3.43. The third-order valence-electron chi connectivity index (χ3n) is 5.04. The molecule has 0 spiro atoms. The molecule has 0 heterocycles. The number of amides is 1. The van der Waals surface area contributed by atoms with Gasteiger partial charge in [-0.3, -0.25) is 14.5 Å². The molecule has 160 valence electrons. The lowest BCUT2D eigenvalue weighted by Gasteiger charge is -2.25. The van der Waals surface area contributed by atoms with E-state index in [-0.39, 0.29) is 17.8 Å². The second kappa shape index (κ2) is 11.1. The van der Waals surface area contributed by atoms with Crippen LogP contribution in [0.3, 0.4) is 0 Å². The van der Waals surface area contributed by atoms with Gasteiger partial charge in [0, 0.05) is 30.9 Å². The van der Waals surface area contributed by atoms with Gasteiger partial charge in [-0.2, -0.15) is 0 Å². The van der Waals surface area contributed by atoms with Gasteiger partial charge in [-0.05, 0) is 35.4 Å². The molecule has 3 rings (SSSR count). The Hall–Kier alpha value is -3.44. The highest BCUT2D eigenvalue weighted by Gasteiger charge is 2.18. The minimum Gasteiger partial charge on any atom is -0.469 e. The van der Waals surface area contributed by atoms with E-state index in [0.717, 1.165) is 17.8 Å². The fourth-order valence-electron chi connectivity index (χ4n) is 3.43. The van der Waals surface area contributed by atoms with Gasteiger partial charge < -0.3 is 10.1 Å². The molecule has 0 bridgehead atoms. The lowest BCUT2D eigenvalue weighted by molar-refractivity contribution is -0.145. The Kier molecular flexibility index (Phi) is 7.96. The van der Waals surface area contributed by atoms with Crippen molar-refractivity contribution < 1.29 is 14.3 Å². The first kappa shape index (κ1) is 22.2. The lowest BCUT2D eigenvalue weighted by atomic mass is 10.1. The zero-order valence-corrected chi connectivity index (χ0v) is 18.0. The van der Waals surface area contributed by atoms with E-state index in [1.807, 2.05) is 79.7 Å². The zero-order chi connectivity index (χ0) is 22.1. The van der Waals surface area contributed by atoms with Crippen LogP contribution >= 0.6 is 0 Å². The molecule has 3 aromatic rings. The maximum absolute atomic E-state index is 12.5. The second-order valence-corrected chi connectivity index (χ2v) is 7.60. The molecule has 0 aliphatic heterocycles. The van der Waals surface area contributed by atoms with Crippen LogP contribution in [0.5, 0.6) is 0 Å². The molecular formula is C26H28N2O3. The molecule has 5 heteroatoms. The van der Waals surface area contributed by atoms with Gasteiger partial charge in [0.05, 0.1) is 13.0 Å². The zero-order valence-electron chi connectivity index (χ0n) is 18.0. The summed E-state index contributed by atoms with van der Waals surface area (Å²) in [7, 11) is 1.42. The number of carbonyl (C=O) groups excluding carboxylic acids is 2. The molecule has 0 aromatic heterocycles. The van der Waals surface area contributed by atoms with Crippen LogP contribution in [0.4, 0.5) is 5.69 Å². The number of rotatable bonds is 9. The highest BCUT2D eigenvalue weighted by atomic mass is 16.5. The molecule has 3 aromatic carbocycles. The number of para-hydroxylation sites is 1. The number of nitrogens with one attached hydrogen (secondary N) is 1. The van der Waals surface area contributed by atoms with Crippen molar-refractivity contribution in [1.29, 1.82) is 0 Å². The number of ether oxygens (including phenoxy) is 1. The van der Waals surface area contributed by atoms with Crippen LogP contribution < -0.4 is 5.32 Å². The molecule has 0 radical (unpaired) electrons. The van der Waals surface area contributed by atoms with Crippen LogP contribution in [0.1, 0.15) is 28.4 Å². The van der Waals surface area contributed by atoms with Crippen LogP contribution in [0.25, 0.3) is 0 Å². The van der Waals surface area contributed by atoms with Gasteiger partial charge in [0.15, 0.2) is 0 Å². The standard InChI is InChI=1S/C26H28N2O3/c1-20(26(30)31-2)17-28(18-21-9-5-3-6-10-21)19-22-13-15-23(16-14-22)25(29)27-24-11-7-4-8-12-24/h3-16,20H,17-19H2,1-2H3,(H,27,29). The largest absolute Gasteiger partial charge is 0.469 e. The van der Waals surface area contributed by atoms with Crippen molar-refractivity contribution in [2.45, 2.75) is 20.0 Å². The predicted octanol–water partition coefficient (Wildman–Crippen LogP) is 4.75. The molecule has 1 N–H and O–H groups in total. The smallest absolute Gasteiger partial charge is 0.309 e. The van der Waals surface area contributed by atoms with E-state index in [2.05, 4.69) is 22.3 Å². The quantitative estimate of drug-likeness (QED) is 0.512. The number of anilines is 1. The minimum atomic E-state index is -0.232. The van der Waals surface area contributed by atoms with Gasteiger partial charge in [0.2, 0.25) is 0 Å². The van der Waals surface area contributed by atoms with Crippen molar-refractivity contribution in [2.75, 3.05) is 19.0 Å². The summed E-state index contributed by atoms with van der Waals surface area (Å²) in [6, 6.07) is 27.1. The summed E-state index contributed by atoms with van der Waals surface area (Å²) in [5.41, 5.74) is 3.62. The molecule has 0 aliphatic carbocycles. The first-order chi connectivity index (χ1) is 15.0. The average Bonchev–Trinajstić information content (AvgIpc) is 2.80. The number of nitrogens with zero attached hydrogens (tertiary/aromatic N) is 1. The topological polar surface area (TPSA) is 58.6 Å². The van der Waals surface area contributed by atoms with Crippen molar-refractivity contribution in [3.63, 3.8) is 0 Å². The van der Waals surface area contributed by atoms with Crippen LogP contribution in [-0.2, 0) is 22.6 Å². The molecule has 1 unspecified atom stereocenters. The number of benzene rings is 3. The summed E-state index contributed by atoms with van der Waals surface area (Å²) in [4.78, 5) is 26.6. The molecule has 0 saturated heterocycles. The van der Waals surface area contributed by atoms with Crippen LogP contribution in [0.2, 0.25) is 0 Å². The first-order valence-corrected chi connectivity index (χ1v) is 10.3. The maximum Gasteiger partial charge on any atom is 0.309 e. The van der Waals surface area contributed by atoms with Crippen molar-refractivity contribution >= 4 is 17.6 Å². The monoisotopic (exact) mass is 416 g/mol. The number of methoxy groups -OCH3 is 1. The highest BCUT2D eigenvalue weighted by Crippen LogP contribution is 2.15. The molecule has 0 saturated carbocycles. The summed E-state index contributed by atoms with van der Waals surface area (Å²) >= 11 is 0. The van der Waals surface area contributed by atoms with E-state index in [4.69, 9.17) is 4.74 Å². The van der Waals surface area contributed by atoms with Gasteiger partial charge in [0.25, 0.3) is 5.91 Å². The molecule has 5 nitrogen and oxygen atoms in total. The molecule has 31 heavy (non-hydrogen) atoms. The minimum absolute atomic E-state index is 0.141. The first-order valence-electron chi connectivity index (χ1n) is 10.3.